The summed E-state index contributed by atoms with van der Waals surface area (Å²) in [6.07, 6.45) is 1.33. The van der Waals surface area contributed by atoms with Crippen LogP contribution >= 0.6 is 0 Å². The lowest BCUT2D eigenvalue weighted by atomic mass is 10.2. The third-order valence-electron chi connectivity index (χ3n) is 3.37. The third kappa shape index (κ3) is 2.96. The average molecular weight is 295 g/mol. The molecule has 0 saturated heterocycles. The molecule has 0 radical (unpaired) electrons. The Kier molecular flexibility index (Phi) is 4.10. The first kappa shape index (κ1) is 14.2. The van der Waals surface area contributed by atoms with Crippen molar-refractivity contribution in [2.24, 2.45) is 0 Å². The first-order valence-corrected chi connectivity index (χ1v) is 7.23. The monoisotopic (exact) mass is 295 g/mol. The highest BCUT2D eigenvalue weighted by Gasteiger charge is 2.10. The van der Waals surface area contributed by atoms with Crippen LogP contribution in [0.5, 0.6) is 5.75 Å². The normalized spacial score (nSPS) is 10.6. The summed E-state index contributed by atoms with van der Waals surface area (Å²) in [6.45, 7) is 2.82. The topological polar surface area (TPSA) is 40.5 Å². The number of hydrogen-bond acceptors (Lipinski definition) is 3. The first-order valence-electron chi connectivity index (χ1n) is 7.23. The molecule has 1 heterocycles. The maximum atomic E-state index is 12.2. The van der Waals surface area contributed by atoms with Crippen molar-refractivity contribution in [2.75, 3.05) is 6.61 Å². The third-order valence-corrected chi connectivity index (χ3v) is 3.37. The number of nitrogens with zero attached hydrogens (tertiary/aromatic N) is 1. The van der Waals surface area contributed by atoms with E-state index in [0.29, 0.717) is 6.61 Å². The molecule has 22 heavy (non-hydrogen) atoms. The summed E-state index contributed by atoms with van der Waals surface area (Å²) >= 11 is 0. The quantitative estimate of drug-likeness (QED) is 0.723. The van der Waals surface area contributed by atoms with Gasteiger partial charge < -0.3 is 9.47 Å². The Labute approximate surface area is 128 Å². The second-order valence-electron chi connectivity index (χ2n) is 4.88. The van der Waals surface area contributed by atoms with Gasteiger partial charge in [-0.05, 0) is 36.8 Å². The van der Waals surface area contributed by atoms with Crippen molar-refractivity contribution in [1.82, 2.24) is 4.57 Å². The Morgan fingerprint density at radius 2 is 1.91 bits per heavy atom. The molecule has 112 valence electrons. The number of ether oxygens (including phenoxy) is 2. The molecule has 2 aromatic carbocycles. The number of aromatic nitrogens is 1. The van der Waals surface area contributed by atoms with Crippen LogP contribution in [0.15, 0.2) is 60.8 Å². The van der Waals surface area contributed by atoms with Gasteiger partial charge in [0.1, 0.15) is 12.4 Å². The van der Waals surface area contributed by atoms with Crippen LogP contribution < -0.4 is 4.74 Å². The van der Waals surface area contributed by atoms with Crippen LogP contribution in [0.4, 0.5) is 4.79 Å². The minimum absolute atomic E-state index is 0.260. The zero-order chi connectivity index (χ0) is 15.4. The molecule has 0 atom stereocenters. The van der Waals surface area contributed by atoms with Gasteiger partial charge in [-0.25, -0.2) is 4.79 Å². The predicted octanol–water partition coefficient (Wildman–Crippen LogP) is 4.22. The van der Waals surface area contributed by atoms with Crippen molar-refractivity contribution in [1.29, 1.82) is 0 Å². The van der Waals surface area contributed by atoms with Gasteiger partial charge in [0.2, 0.25) is 0 Å². The molecule has 0 amide bonds. The number of carbonyl (C=O) groups is 1. The van der Waals surface area contributed by atoms with E-state index in [0.717, 1.165) is 22.2 Å². The molecular weight excluding hydrogens is 278 g/mol. The fourth-order valence-corrected chi connectivity index (χ4v) is 2.33. The summed E-state index contributed by atoms with van der Waals surface area (Å²) in [5.74, 6) is 0.797. The van der Waals surface area contributed by atoms with Gasteiger partial charge in [0.25, 0.3) is 0 Å². The highest BCUT2D eigenvalue weighted by atomic mass is 16.5. The van der Waals surface area contributed by atoms with Crippen molar-refractivity contribution in [3.63, 3.8) is 0 Å². The molecular formula is C18H17NO3. The minimum atomic E-state index is -0.386. The Balaban J connectivity index is 1.76. The lowest BCUT2D eigenvalue weighted by molar-refractivity contribution is 0.142. The van der Waals surface area contributed by atoms with Crippen LogP contribution in [-0.4, -0.2) is 17.3 Å². The van der Waals surface area contributed by atoms with E-state index in [1.54, 1.807) is 6.20 Å². The number of carbonyl (C=O) groups excluding carboxylic acids is 1. The molecule has 3 rings (SSSR count). The molecule has 0 aliphatic rings. The van der Waals surface area contributed by atoms with Crippen molar-refractivity contribution >= 4 is 17.0 Å². The smallest absolute Gasteiger partial charge is 0.418 e. The largest absolute Gasteiger partial charge is 0.494 e. The van der Waals surface area contributed by atoms with Crippen LogP contribution in [0.25, 0.3) is 10.9 Å². The molecule has 4 nitrogen and oxygen atoms in total. The van der Waals surface area contributed by atoms with Crippen molar-refractivity contribution in [2.45, 2.75) is 13.5 Å². The number of hydrogen-bond donors (Lipinski definition) is 0. The van der Waals surface area contributed by atoms with E-state index < -0.39 is 0 Å². The molecule has 0 bridgehead atoms. The van der Waals surface area contributed by atoms with Gasteiger partial charge in [-0.2, -0.15) is 0 Å². The maximum Gasteiger partial charge on any atom is 0.418 e. The van der Waals surface area contributed by atoms with Crippen molar-refractivity contribution in [3.8, 4) is 5.75 Å². The van der Waals surface area contributed by atoms with Crippen molar-refractivity contribution < 1.29 is 14.3 Å². The molecule has 3 aromatic rings. The van der Waals surface area contributed by atoms with Gasteiger partial charge in [0.05, 0.1) is 12.1 Å². The lowest BCUT2D eigenvalue weighted by Gasteiger charge is -2.07. The summed E-state index contributed by atoms with van der Waals surface area (Å²) in [7, 11) is 0. The summed E-state index contributed by atoms with van der Waals surface area (Å²) in [6, 6.07) is 17.1. The Hall–Kier alpha value is -2.75. The highest BCUT2D eigenvalue weighted by Crippen LogP contribution is 2.22. The summed E-state index contributed by atoms with van der Waals surface area (Å²) < 4.78 is 12.3. The summed E-state index contributed by atoms with van der Waals surface area (Å²) in [5.41, 5.74) is 1.77. The second-order valence-corrected chi connectivity index (χ2v) is 4.88. The van der Waals surface area contributed by atoms with Crippen LogP contribution in [-0.2, 0) is 11.3 Å². The summed E-state index contributed by atoms with van der Waals surface area (Å²) in [5, 5.41) is 0.947. The fourth-order valence-electron chi connectivity index (χ4n) is 2.33. The zero-order valence-electron chi connectivity index (χ0n) is 12.4. The van der Waals surface area contributed by atoms with Crippen LogP contribution in [0, 0.1) is 0 Å². The van der Waals surface area contributed by atoms with Crippen LogP contribution in [0.2, 0.25) is 0 Å². The first-order chi connectivity index (χ1) is 10.8. The Bertz CT molecular complexity index is 777. The Morgan fingerprint density at radius 3 is 2.68 bits per heavy atom. The SMILES string of the molecule is CCOc1ccc2c(ccn2C(=O)OCc2ccccc2)c1. The Morgan fingerprint density at radius 1 is 1.09 bits per heavy atom. The van der Waals surface area contributed by atoms with Crippen molar-refractivity contribution in [3.05, 3.63) is 66.4 Å². The lowest BCUT2D eigenvalue weighted by Crippen LogP contribution is -2.12. The van der Waals surface area contributed by atoms with Crippen LogP contribution in [0.1, 0.15) is 12.5 Å². The van der Waals surface area contributed by atoms with E-state index in [-0.39, 0.29) is 12.7 Å². The molecule has 1 aromatic heterocycles. The van der Waals surface area contributed by atoms with Gasteiger partial charge in [-0.1, -0.05) is 30.3 Å². The number of rotatable bonds is 4. The second kappa shape index (κ2) is 6.35. The molecule has 0 unspecified atom stereocenters. The summed E-state index contributed by atoms with van der Waals surface area (Å²) in [4.78, 5) is 12.2. The van der Waals surface area contributed by atoms with Gasteiger partial charge in [0, 0.05) is 11.6 Å². The maximum absolute atomic E-state index is 12.2. The van der Waals surface area contributed by atoms with Gasteiger partial charge in [-0.3, -0.25) is 4.57 Å². The van der Waals surface area contributed by atoms with Gasteiger partial charge >= 0.3 is 6.09 Å². The number of benzene rings is 2. The standard InChI is InChI=1S/C18H17NO3/c1-2-21-16-8-9-17-15(12-16)10-11-19(17)18(20)22-13-14-6-4-3-5-7-14/h3-12H,2,13H2,1H3. The minimum Gasteiger partial charge on any atom is -0.494 e. The van der Waals surface area contributed by atoms with E-state index in [2.05, 4.69) is 0 Å². The van der Waals surface area contributed by atoms with Gasteiger partial charge in [0.15, 0.2) is 0 Å². The average Bonchev–Trinajstić information content (AvgIpc) is 2.97. The highest BCUT2D eigenvalue weighted by molar-refractivity contribution is 5.90. The van der Waals surface area contributed by atoms with E-state index in [4.69, 9.17) is 9.47 Å². The van der Waals surface area contributed by atoms with E-state index >= 15 is 0 Å². The zero-order valence-corrected chi connectivity index (χ0v) is 12.4. The fraction of sp³-hybridized carbons (Fsp3) is 0.167. The number of fused-ring (bicyclic) bond motifs is 1. The molecule has 0 aliphatic carbocycles. The molecule has 0 N–H and O–H groups in total. The predicted molar refractivity (Wildman–Crippen MR) is 85.1 cm³/mol. The van der Waals surface area contributed by atoms with Crippen LogP contribution in [0.3, 0.4) is 0 Å². The molecule has 0 spiro atoms. The molecule has 0 aliphatic heterocycles. The van der Waals surface area contributed by atoms with E-state index in [1.807, 2.05) is 61.5 Å². The molecule has 0 fully saturated rings. The van der Waals surface area contributed by atoms with E-state index in [9.17, 15) is 4.79 Å². The molecule has 0 saturated carbocycles. The van der Waals surface area contributed by atoms with E-state index in [1.165, 1.54) is 4.57 Å². The molecule has 4 heteroatoms. The van der Waals surface area contributed by atoms with Gasteiger partial charge in [-0.15, -0.1) is 0 Å².